The molecule has 0 aromatic carbocycles. The first-order valence-electron chi connectivity index (χ1n) is 6.23. The summed E-state index contributed by atoms with van der Waals surface area (Å²) in [5, 5.41) is 19.1. The molecule has 1 saturated carbocycles. The monoisotopic (exact) mass is 216 g/mol. The Morgan fingerprint density at radius 2 is 1.93 bits per heavy atom. The van der Waals surface area contributed by atoms with Gasteiger partial charge in [0.1, 0.15) is 6.10 Å². The van der Waals surface area contributed by atoms with Crippen molar-refractivity contribution in [2.75, 3.05) is 6.61 Å². The van der Waals surface area contributed by atoms with Crippen LogP contribution in [0, 0.1) is 0 Å². The van der Waals surface area contributed by atoms with Crippen molar-refractivity contribution < 1.29 is 14.9 Å². The molecule has 90 valence electrons. The first-order valence-corrected chi connectivity index (χ1v) is 6.23. The van der Waals surface area contributed by atoms with Crippen molar-refractivity contribution in [2.24, 2.45) is 0 Å². The fourth-order valence-electron chi connectivity index (χ4n) is 2.06. The largest absolute Gasteiger partial charge is 0.390 e. The average molecular weight is 216 g/mol. The van der Waals surface area contributed by atoms with Gasteiger partial charge in [-0.2, -0.15) is 0 Å². The summed E-state index contributed by atoms with van der Waals surface area (Å²) in [6.07, 6.45) is 5.87. The molecule has 0 unspecified atom stereocenters. The van der Waals surface area contributed by atoms with E-state index >= 15 is 0 Å². The van der Waals surface area contributed by atoms with Gasteiger partial charge in [-0.1, -0.05) is 26.2 Å². The lowest BCUT2D eigenvalue weighted by Crippen LogP contribution is -2.42. The summed E-state index contributed by atoms with van der Waals surface area (Å²) in [5.41, 5.74) is 0. The summed E-state index contributed by atoms with van der Waals surface area (Å²) < 4.78 is 5.60. The van der Waals surface area contributed by atoms with E-state index in [1.807, 2.05) is 0 Å². The molecule has 0 saturated heterocycles. The molecule has 0 spiro atoms. The van der Waals surface area contributed by atoms with Crippen LogP contribution >= 0.6 is 0 Å². The molecule has 0 heterocycles. The van der Waals surface area contributed by atoms with Crippen LogP contribution in [0.1, 0.15) is 51.9 Å². The van der Waals surface area contributed by atoms with Gasteiger partial charge in [0.05, 0.1) is 12.2 Å². The molecule has 1 rings (SSSR count). The van der Waals surface area contributed by atoms with Gasteiger partial charge in [-0.05, 0) is 25.7 Å². The smallest absolute Gasteiger partial charge is 0.106 e. The zero-order valence-electron chi connectivity index (χ0n) is 9.69. The molecule has 0 aliphatic heterocycles. The van der Waals surface area contributed by atoms with E-state index in [2.05, 4.69) is 6.92 Å². The first kappa shape index (κ1) is 12.9. The van der Waals surface area contributed by atoms with Gasteiger partial charge < -0.3 is 14.9 Å². The van der Waals surface area contributed by atoms with Crippen LogP contribution in [-0.4, -0.2) is 35.1 Å². The van der Waals surface area contributed by atoms with Crippen LogP contribution in [0.2, 0.25) is 0 Å². The Balaban J connectivity index is 2.09. The van der Waals surface area contributed by atoms with E-state index in [0.717, 1.165) is 19.3 Å². The molecule has 0 bridgehead atoms. The number of ether oxygens (including phenoxy) is 1. The molecule has 0 amide bonds. The minimum atomic E-state index is -0.676. The Kier molecular flexibility index (Phi) is 6.22. The predicted molar refractivity (Wildman–Crippen MR) is 59.7 cm³/mol. The number of hydrogen-bond acceptors (Lipinski definition) is 3. The standard InChI is InChI=1S/C12H24O3/c1-2-3-4-5-9-15-11-8-6-7-10(13)12(11)14/h10-14H,2-9H2,1H3/t10-,11+,12+/m1/s1. The molecule has 0 aromatic rings. The van der Waals surface area contributed by atoms with Gasteiger partial charge in [-0.25, -0.2) is 0 Å². The quantitative estimate of drug-likeness (QED) is 0.666. The van der Waals surface area contributed by atoms with Crippen LogP contribution in [0.15, 0.2) is 0 Å². The predicted octanol–water partition coefficient (Wildman–Crippen LogP) is 1.86. The summed E-state index contributed by atoms with van der Waals surface area (Å²) in [6.45, 7) is 2.90. The summed E-state index contributed by atoms with van der Waals surface area (Å²) in [4.78, 5) is 0. The SMILES string of the molecule is CCCCCCO[C@H]1CCC[C@@H](O)[C@@H]1O. The molecule has 3 nitrogen and oxygen atoms in total. The van der Waals surface area contributed by atoms with Crippen molar-refractivity contribution in [1.29, 1.82) is 0 Å². The number of rotatable bonds is 6. The van der Waals surface area contributed by atoms with Crippen LogP contribution in [-0.2, 0) is 4.74 Å². The summed E-state index contributed by atoms with van der Waals surface area (Å²) >= 11 is 0. The number of aliphatic hydroxyl groups is 2. The number of hydrogen-bond donors (Lipinski definition) is 2. The van der Waals surface area contributed by atoms with Gasteiger partial charge >= 0.3 is 0 Å². The van der Waals surface area contributed by atoms with Crippen molar-refractivity contribution in [1.82, 2.24) is 0 Å². The van der Waals surface area contributed by atoms with Crippen LogP contribution < -0.4 is 0 Å². The zero-order valence-corrected chi connectivity index (χ0v) is 9.69. The van der Waals surface area contributed by atoms with E-state index in [1.54, 1.807) is 0 Å². The second kappa shape index (κ2) is 7.20. The molecule has 0 aromatic heterocycles. The lowest BCUT2D eigenvalue weighted by Gasteiger charge is -2.31. The third-order valence-electron chi connectivity index (χ3n) is 3.09. The van der Waals surface area contributed by atoms with Crippen LogP contribution in [0.4, 0.5) is 0 Å². The molecule has 15 heavy (non-hydrogen) atoms. The number of unbranched alkanes of at least 4 members (excludes halogenated alkanes) is 3. The minimum Gasteiger partial charge on any atom is -0.390 e. The van der Waals surface area contributed by atoms with Gasteiger partial charge in [0.15, 0.2) is 0 Å². The van der Waals surface area contributed by atoms with E-state index in [9.17, 15) is 10.2 Å². The summed E-state index contributed by atoms with van der Waals surface area (Å²) in [6, 6.07) is 0. The molecule has 0 radical (unpaired) electrons. The van der Waals surface area contributed by atoms with Crippen molar-refractivity contribution in [2.45, 2.75) is 70.2 Å². The third-order valence-corrected chi connectivity index (χ3v) is 3.09. The molecule has 2 N–H and O–H groups in total. The Hall–Kier alpha value is -0.120. The van der Waals surface area contributed by atoms with Gasteiger partial charge in [-0.15, -0.1) is 0 Å². The maximum Gasteiger partial charge on any atom is 0.106 e. The molecule has 1 fully saturated rings. The van der Waals surface area contributed by atoms with Gasteiger partial charge in [-0.3, -0.25) is 0 Å². The molecule has 1 aliphatic rings. The van der Waals surface area contributed by atoms with Crippen LogP contribution in [0.5, 0.6) is 0 Å². The van der Waals surface area contributed by atoms with E-state index in [0.29, 0.717) is 13.0 Å². The average Bonchev–Trinajstić information content (AvgIpc) is 2.24. The zero-order chi connectivity index (χ0) is 11.1. The maximum atomic E-state index is 9.67. The second-order valence-corrected chi connectivity index (χ2v) is 4.46. The highest BCUT2D eigenvalue weighted by molar-refractivity contribution is 4.82. The second-order valence-electron chi connectivity index (χ2n) is 4.46. The lowest BCUT2D eigenvalue weighted by molar-refractivity contribution is -0.113. The van der Waals surface area contributed by atoms with Gasteiger partial charge in [0.25, 0.3) is 0 Å². The van der Waals surface area contributed by atoms with E-state index < -0.39 is 12.2 Å². The minimum absolute atomic E-state index is 0.143. The summed E-state index contributed by atoms with van der Waals surface area (Å²) in [7, 11) is 0. The molecule has 3 atom stereocenters. The highest BCUT2D eigenvalue weighted by Crippen LogP contribution is 2.22. The normalized spacial score (nSPS) is 31.8. The van der Waals surface area contributed by atoms with Crippen molar-refractivity contribution in [3.05, 3.63) is 0 Å². The Labute approximate surface area is 92.4 Å². The molecule has 1 aliphatic carbocycles. The maximum absolute atomic E-state index is 9.67. The van der Waals surface area contributed by atoms with Gasteiger partial charge in [0.2, 0.25) is 0 Å². The topological polar surface area (TPSA) is 49.7 Å². The fourth-order valence-corrected chi connectivity index (χ4v) is 2.06. The third kappa shape index (κ3) is 4.49. The molecular formula is C12H24O3. The number of aliphatic hydroxyl groups excluding tert-OH is 2. The summed E-state index contributed by atoms with van der Waals surface area (Å²) in [5.74, 6) is 0. The Morgan fingerprint density at radius 1 is 1.13 bits per heavy atom. The van der Waals surface area contributed by atoms with Crippen molar-refractivity contribution in [3.63, 3.8) is 0 Å². The highest BCUT2D eigenvalue weighted by atomic mass is 16.5. The fraction of sp³-hybridized carbons (Fsp3) is 1.00. The van der Waals surface area contributed by atoms with E-state index in [1.165, 1.54) is 19.3 Å². The Morgan fingerprint density at radius 3 is 2.67 bits per heavy atom. The van der Waals surface area contributed by atoms with Crippen molar-refractivity contribution in [3.8, 4) is 0 Å². The Bertz CT molecular complexity index is 161. The first-order chi connectivity index (χ1) is 7.25. The van der Waals surface area contributed by atoms with E-state index in [-0.39, 0.29) is 6.10 Å². The van der Waals surface area contributed by atoms with Crippen LogP contribution in [0.25, 0.3) is 0 Å². The van der Waals surface area contributed by atoms with Gasteiger partial charge in [0, 0.05) is 6.61 Å². The highest BCUT2D eigenvalue weighted by Gasteiger charge is 2.30. The molecule has 3 heteroatoms. The van der Waals surface area contributed by atoms with Crippen LogP contribution in [0.3, 0.4) is 0 Å². The van der Waals surface area contributed by atoms with Crippen molar-refractivity contribution >= 4 is 0 Å². The van der Waals surface area contributed by atoms with E-state index in [4.69, 9.17) is 4.74 Å². The lowest BCUT2D eigenvalue weighted by atomic mass is 9.92. The molecular weight excluding hydrogens is 192 g/mol.